The van der Waals surface area contributed by atoms with E-state index in [4.69, 9.17) is 16.3 Å². The largest absolute Gasteiger partial charge is 0.479 e. The van der Waals surface area contributed by atoms with E-state index in [9.17, 15) is 4.79 Å². The molecule has 4 nitrogen and oxygen atoms in total. The molecular weight excluding hydrogens is 276 g/mol. The number of piperazine rings is 1. The molecule has 0 saturated carbocycles. The minimum atomic E-state index is -0.460. The SMILES string of the molecule is CC[C@@H](Oc1ccccc1Cl)C(=O)N1CCN(C)CC1. The highest BCUT2D eigenvalue weighted by Gasteiger charge is 2.27. The Morgan fingerprint density at radius 2 is 1.95 bits per heavy atom. The number of halogens is 1. The summed E-state index contributed by atoms with van der Waals surface area (Å²) >= 11 is 6.08. The number of nitrogens with zero attached hydrogens (tertiary/aromatic N) is 2. The maximum absolute atomic E-state index is 12.5. The van der Waals surface area contributed by atoms with Crippen molar-refractivity contribution in [1.82, 2.24) is 9.80 Å². The summed E-state index contributed by atoms with van der Waals surface area (Å²) in [4.78, 5) is 16.6. The molecule has 110 valence electrons. The molecule has 1 saturated heterocycles. The van der Waals surface area contributed by atoms with E-state index in [1.54, 1.807) is 12.1 Å². The zero-order valence-electron chi connectivity index (χ0n) is 12.0. The summed E-state index contributed by atoms with van der Waals surface area (Å²) in [6.07, 6.45) is 0.175. The van der Waals surface area contributed by atoms with Gasteiger partial charge in [-0.1, -0.05) is 30.7 Å². The Bertz CT molecular complexity index is 459. The monoisotopic (exact) mass is 296 g/mol. The molecule has 0 spiro atoms. The highest BCUT2D eigenvalue weighted by Crippen LogP contribution is 2.25. The van der Waals surface area contributed by atoms with E-state index in [0.29, 0.717) is 17.2 Å². The lowest BCUT2D eigenvalue weighted by atomic mass is 10.2. The maximum atomic E-state index is 12.5. The van der Waals surface area contributed by atoms with Gasteiger partial charge in [0.05, 0.1) is 5.02 Å². The van der Waals surface area contributed by atoms with E-state index < -0.39 is 6.10 Å². The predicted molar refractivity (Wildman–Crippen MR) is 80.2 cm³/mol. The fourth-order valence-corrected chi connectivity index (χ4v) is 2.41. The number of amides is 1. The molecule has 2 rings (SSSR count). The van der Waals surface area contributed by atoms with E-state index >= 15 is 0 Å². The van der Waals surface area contributed by atoms with Gasteiger partial charge in [0.2, 0.25) is 0 Å². The second-order valence-corrected chi connectivity index (χ2v) is 5.48. The van der Waals surface area contributed by atoms with Crippen molar-refractivity contribution in [2.45, 2.75) is 19.4 Å². The van der Waals surface area contributed by atoms with Crippen LogP contribution in [0, 0.1) is 0 Å². The van der Waals surface area contributed by atoms with Gasteiger partial charge in [0, 0.05) is 26.2 Å². The first-order valence-electron chi connectivity index (χ1n) is 7.00. The van der Waals surface area contributed by atoms with Gasteiger partial charge in [-0.15, -0.1) is 0 Å². The van der Waals surface area contributed by atoms with Crippen molar-refractivity contribution >= 4 is 17.5 Å². The van der Waals surface area contributed by atoms with Crippen LogP contribution in [0.3, 0.4) is 0 Å². The molecule has 1 heterocycles. The molecule has 1 aromatic rings. The quantitative estimate of drug-likeness (QED) is 0.854. The van der Waals surface area contributed by atoms with Gasteiger partial charge in [-0.3, -0.25) is 4.79 Å². The molecule has 0 aliphatic carbocycles. The van der Waals surface area contributed by atoms with Crippen LogP contribution in [-0.4, -0.2) is 55.0 Å². The molecule has 0 radical (unpaired) electrons. The zero-order chi connectivity index (χ0) is 14.5. The molecule has 20 heavy (non-hydrogen) atoms. The van der Waals surface area contributed by atoms with Gasteiger partial charge >= 0.3 is 0 Å². The lowest BCUT2D eigenvalue weighted by Crippen LogP contribution is -2.51. The molecule has 1 amide bonds. The zero-order valence-corrected chi connectivity index (χ0v) is 12.8. The normalized spacial score (nSPS) is 17.9. The summed E-state index contributed by atoms with van der Waals surface area (Å²) in [6, 6.07) is 7.26. The Balaban J connectivity index is 2.01. The number of rotatable bonds is 4. The Hall–Kier alpha value is -1.26. The first-order chi connectivity index (χ1) is 9.61. The average molecular weight is 297 g/mol. The first-order valence-corrected chi connectivity index (χ1v) is 7.38. The minimum absolute atomic E-state index is 0.0560. The number of hydrogen-bond donors (Lipinski definition) is 0. The fourth-order valence-electron chi connectivity index (χ4n) is 2.23. The summed E-state index contributed by atoms with van der Waals surface area (Å²) in [5, 5.41) is 0.539. The van der Waals surface area contributed by atoms with Gasteiger partial charge in [0.25, 0.3) is 5.91 Å². The molecule has 1 atom stereocenters. The molecular formula is C15H21ClN2O2. The Morgan fingerprint density at radius 1 is 1.30 bits per heavy atom. The number of carbonyl (C=O) groups is 1. The van der Waals surface area contributed by atoms with Crippen LogP contribution in [0.5, 0.6) is 5.75 Å². The summed E-state index contributed by atoms with van der Waals surface area (Å²) in [7, 11) is 2.07. The highest BCUT2D eigenvalue weighted by molar-refractivity contribution is 6.32. The van der Waals surface area contributed by atoms with E-state index in [2.05, 4.69) is 11.9 Å². The van der Waals surface area contributed by atoms with E-state index in [1.165, 1.54) is 0 Å². The van der Waals surface area contributed by atoms with Crippen molar-refractivity contribution < 1.29 is 9.53 Å². The number of hydrogen-bond acceptors (Lipinski definition) is 3. The van der Waals surface area contributed by atoms with Gasteiger partial charge in [-0.2, -0.15) is 0 Å². The number of para-hydroxylation sites is 1. The second kappa shape index (κ2) is 6.95. The molecule has 0 bridgehead atoms. The summed E-state index contributed by atoms with van der Waals surface area (Å²) in [6.45, 7) is 5.30. The summed E-state index contributed by atoms with van der Waals surface area (Å²) in [5.74, 6) is 0.629. The minimum Gasteiger partial charge on any atom is -0.479 e. The second-order valence-electron chi connectivity index (χ2n) is 5.07. The smallest absolute Gasteiger partial charge is 0.263 e. The van der Waals surface area contributed by atoms with Crippen LogP contribution in [0.4, 0.5) is 0 Å². The van der Waals surface area contributed by atoms with Crippen molar-refractivity contribution in [2.75, 3.05) is 33.2 Å². The van der Waals surface area contributed by atoms with Crippen LogP contribution >= 0.6 is 11.6 Å². The van der Waals surface area contributed by atoms with Crippen LogP contribution in [0.25, 0.3) is 0 Å². The highest BCUT2D eigenvalue weighted by atomic mass is 35.5. The van der Waals surface area contributed by atoms with Crippen LogP contribution in [-0.2, 0) is 4.79 Å². The average Bonchev–Trinajstić information content (AvgIpc) is 2.46. The van der Waals surface area contributed by atoms with Gasteiger partial charge in [0.15, 0.2) is 6.10 Å². The van der Waals surface area contributed by atoms with Crippen LogP contribution in [0.1, 0.15) is 13.3 Å². The lowest BCUT2D eigenvalue weighted by molar-refractivity contribution is -0.140. The van der Waals surface area contributed by atoms with Crippen molar-refractivity contribution in [3.8, 4) is 5.75 Å². The number of ether oxygens (including phenoxy) is 1. The predicted octanol–water partition coefficient (Wildman–Crippen LogP) is 2.27. The third-order valence-corrected chi connectivity index (χ3v) is 3.88. The van der Waals surface area contributed by atoms with Crippen LogP contribution in [0.15, 0.2) is 24.3 Å². The molecule has 1 aliphatic heterocycles. The first kappa shape index (κ1) is 15.1. The van der Waals surface area contributed by atoms with Crippen LogP contribution < -0.4 is 4.74 Å². The Labute approximate surface area is 125 Å². The van der Waals surface area contributed by atoms with Gasteiger partial charge < -0.3 is 14.5 Å². The number of carbonyl (C=O) groups excluding carboxylic acids is 1. The third-order valence-electron chi connectivity index (χ3n) is 3.57. The van der Waals surface area contributed by atoms with Crippen molar-refractivity contribution in [3.05, 3.63) is 29.3 Å². The summed E-state index contributed by atoms with van der Waals surface area (Å²) < 4.78 is 5.80. The topological polar surface area (TPSA) is 32.8 Å². The molecule has 0 N–H and O–H groups in total. The Kier molecular flexibility index (Phi) is 5.26. The number of benzene rings is 1. The van der Waals surface area contributed by atoms with Crippen molar-refractivity contribution in [3.63, 3.8) is 0 Å². The molecule has 0 aromatic heterocycles. The molecule has 1 aliphatic rings. The van der Waals surface area contributed by atoms with Crippen molar-refractivity contribution in [1.29, 1.82) is 0 Å². The maximum Gasteiger partial charge on any atom is 0.263 e. The molecule has 1 fully saturated rings. The third kappa shape index (κ3) is 3.64. The fraction of sp³-hybridized carbons (Fsp3) is 0.533. The number of likely N-dealkylation sites (N-methyl/N-ethyl adjacent to an activating group) is 1. The standard InChI is InChI=1S/C15H21ClN2O2/c1-3-13(20-14-7-5-4-6-12(14)16)15(19)18-10-8-17(2)9-11-18/h4-7,13H,3,8-11H2,1-2H3/t13-/m1/s1. The van der Waals surface area contributed by atoms with E-state index in [1.807, 2.05) is 24.0 Å². The molecule has 0 unspecified atom stereocenters. The van der Waals surface area contributed by atoms with Gasteiger partial charge in [-0.25, -0.2) is 0 Å². The van der Waals surface area contributed by atoms with Crippen LogP contribution in [0.2, 0.25) is 5.02 Å². The molecule has 5 heteroatoms. The Morgan fingerprint density at radius 3 is 2.55 bits per heavy atom. The summed E-state index contributed by atoms with van der Waals surface area (Å²) in [5.41, 5.74) is 0. The molecule has 1 aromatic carbocycles. The van der Waals surface area contributed by atoms with E-state index in [-0.39, 0.29) is 5.91 Å². The van der Waals surface area contributed by atoms with Gasteiger partial charge in [0.1, 0.15) is 5.75 Å². The van der Waals surface area contributed by atoms with Gasteiger partial charge in [-0.05, 0) is 25.6 Å². The lowest BCUT2D eigenvalue weighted by Gasteiger charge is -2.34. The van der Waals surface area contributed by atoms with Crippen molar-refractivity contribution in [2.24, 2.45) is 0 Å². The van der Waals surface area contributed by atoms with E-state index in [0.717, 1.165) is 26.2 Å².